The molecular weight excluding hydrogens is 374 g/mol. The van der Waals surface area contributed by atoms with Gasteiger partial charge in [-0.25, -0.2) is 0 Å². The Bertz CT molecular complexity index is 690. The summed E-state index contributed by atoms with van der Waals surface area (Å²) in [6.45, 7) is 3.60. The van der Waals surface area contributed by atoms with Crippen molar-refractivity contribution in [1.82, 2.24) is 15.1 Å². The minimum atomic E-state index is -1.80. The Morgan fingerprint density at radius 2 is 1.79 bits per heavy atom. The van der Waals surface area contributed by atoms with Crippen molar-refractivity contribution < 1.29 is 24.5 Å². The Balaban J connectivity index is 1.51. The summed E-state index contributed by atoms with van der Waals surface area (Å²) in [6, 6.07) is 7.15. The van der Waals surface area contributed by atoms with Gasteiger partial charge in [0.15, 0.2) is 12.2 Å². The summed E-state index contributed by atoms with van der Waals surface area (Å²) in [6.07, 6.45) is 0.553. The Morgan fingerprint density at radius 3 is 2.45 bits per heavy atom. The summed E-state index contributed by atoms with van der Waals surface area (Å²) in [5.41, 5.74) is 0.817. The molecule has 3 rings (SSSR count). The largest absolute Gasteiger partial charge is 0.497 e. The number of carbonyl (C=O) groups is 2. The zero-order valence-electron chi connectivity index (χ0n) is 16.9. The first-order chi connectivity index (χ1) is 14.0. The van der Waals surface area contributed by atoms with Crippen LogP contribution in [0.2, 0.25) is 0 Å². The van der Waals surface area contributed by atoms with Gasteiger partial charge in [-0.1, -0.05) is 12.1 Å². The second-order valence-corrected chi connectivity index (χ2v) is 7.79. The molecule has 0 aliphatic carbocycles. The fraction of sp³-hybridized carbons (Fsp3) is 0.619. The van der Waals surface area contributed by atoms with E-state index in [1.165, 1.54) is 12.8 Å². The predicted octanol–water partition coefficient (Wildman–Crippen LogP) is 0.120. The van der Waals surface area contributed by atoms with Gasteiger partial charge in [0.05, 0.1) is 7.11 Å². The van der Waals surface area contributed by atoms with Gasteiger partial charge in [-0.05, 0) is 56.5 Å². The molecule has 0 radical (unpaired) electrons. The third kappa shape index (κ3) is 5.46. The van der Waals surface area contributed by atoms with Crippen LogP contribution in [0.4, 0.5) is 0 Å². The molecule has 1 aromatic carbocycles. The fourth-order valence-electron chi connectivity index (χ4n) is 4.06. The molecule has 8 heteroatoms. The number of amides is 2. The molecule has 0 bridgehead atoms. The van der Waals surface area contributed by atoms with Crippen molar-refractivity contribution in [1.29, 1.82) is 0 Å². The van der Waals surface area contributed by atoms with Crippen molar-refractivity contribution in [2.45, 2.75) is 50.5 Å². The summed E-state index contributed by atoms with van der Waals surface area (Å²) in [4.78, 5) is 28.9. The van der Waals surface area contributed by atoms with Gasteiger partial charge in [0.25, 0.3) is 11.8 Å². The average Bonchev–Trinajstić information content (AvgIpc) is 3.43. The number of nitrogens with one attached hydrogen (secondary N) is 1. The number of benzene rings is 1. The maximum Gasteiger partial charge on any atom is 0.254 e. The maximum absolute atomic E-state index is 12.7. The first-order valence-electron chi connectivity index (χ1n) is 10.3. The summed E-state index contributed by atoms with van der Waals surface area (Å²) in [5.74, 6) is -0.633. The van der Waals surface area contributed by atoms with E-state index in [9.17, 15) is 19.8 Å². The number of aliphatic hydroxyl groups is 2. The Hall–Kier alpha value is -2.16. The number of aliphatic hydroxyl groups excluding tert-OH is 2. The van der Waals surface area contributed by atoms with E-state index in [-0.39, 0.29) is 12.6 Å². The molecule has 3 atom stereocenters. The summed E-state index contributed by atoms with van der Waals surface area (Å²) in [5, 5.41) is 23.1. The highest BCUT2D eigenvalue weighted by Gasteiger charge is 2.38. The molecule has 29 heavy (non-hydrogen) atoms. The monoisotopic (exact) mass is 405 g/mol. The van der Waals surface area contributed by atoms with Crippen molar-refractivity contribution in [3.8, 4) is 5.75 Å². The van der Waals surface area contributed by atoms with E-state index in [0.717, 1.165) is 38.0 Å². The van der Waals surface area contributed by atoms with Crippen LogP contribution in [0.25, 0.3) is 0 Å². The summed E-state index contributed by atoms with van der Waals surface area (Å²) in [7, 11) is 1.57. The minimum Gasteiger partial charge on any atom is -0.497 e. The van der Waals surface area contributed by atoms with Gasteiger partial charge in [0.1, 0.15) is 5.75 Å². The third-order valence-electron chi connectivity index (χ3n) is 5.77. The maximum atomic E-state index is 12.7. The van der Waals surface area contributed by atoms with Crippen LogP contribution in [0.15, 0.2) is 24.3 Å². The molecule has 1 aromatic rings. The molecule has 3 N–H and O–H groups in total. The van der Waals surface area contributed by atoms with Crippen molar-refractivity contribution in [2.24, 2.45) is 0 Å². The number of hydrogen-bond donors (Lipinski definition) is 3. The van der Waals surface area contributed by atoms with Gasteiger partial charge in [-0.2, -0.15) is 0 Å². The molecule has 1 unspecified atom stereocenters. The molecule has 2 saturated heterocycles. The molecule has 160 valence electrons. The standard InChI is InChI=1S/C21H31N3O5/c1-29-17-8-6-15(7-9-17)13-22-20(27)18(25)19(26)21(28)24-12-4-5-16(24)14-23-10-2-3-11-23/h6-9,16,18-19,25-26H,2-5,10-14H2,1H3,(H,22,27)/t16-,18+,19?/m0/s1. The topological polar surface area (TPSA) is 102 Å². The van der Waals surface area contributed by atoms with Crippen LogP contribution in [0, 0.1) is 0 Å². The number of likely N-dealkylation sites (tertiary alicyclic amines) is 2. The van der Waals surface area contributed by atoms with Gasteiger partial charge in [0, 0.05) is 25.7 Å². The molecule has 8 nitrogen and oxygen atoms in total. The molecule has 2 aliphatic heterocycles. The van der Waals surface area contributed by atoms with Gasteiger partial charge >= 0.3 is 0 Å². The second kappa shape index (κ2) is 10.0. The van der Waals surface area contributed by atoms with Crippen LogP contribution >= 0.6 is 0 Å². The molecule has 2 aliphatic rings. The molecule has 0 saturated carbocycles. The minimum absolute atomic E-state index is 0.0322. The van der Waals surface area contributed by atoms with Crippen LogP contribution < -0.4 is 10.1 Å². The van der Waals surface area contributed by atoms with E-state index >= 15 is 0 Å². The van der Waals surface area contributed by atoms with Crippen LogP contribution in [0.5, 0.6) is 5.75 Å². The highest BCUT2D eigenvalue weighted by atomic mass is 16.5. The molecular formula is C21H31N3O5. The van der Waals surface area contributed by atoms with E-state index in [1.54, 1.807) is 36.3 Å². The van der Waals surface area contributed by atoms with Crippen LogP contribution in [-0.4, -0.2) is 83.4 Å². The number of hydrogen-bond acceptors (Lipinski definition) is 6. The quantitative estimate of drug-likeness (QED) is 0.568. The van der Waals surface area contributed by atoms with Crippen molar-refractivity contribution >= 4 is 11.8 Å². The van der Waals surface area contributed by atoms with Gasteiger partial charge in [0.2, 0.25) is 0 Å². The van der Waals surface area contributed by atoms with E-state index in [4.69, 9.17) is 4.74 Å². The second-order valence-electron chi connectivity index (χ2n) is 7.79. The van der Waals surface area contributed by atoms with Crippen LogP contribution in [0.3, 0.4) is 0 Å². The molecule has 2 heterocycles. The lowest BCUT2D eigenvalue weighted by Gasteiger charge is -2.30. The van der Waals surface area contributed by atoms with E-state index in [0.29, 0.717) is 12.3 Å². The first-order valence-corrected chi connectivity index (χ1v) is 10.3. The predicted molar refractivity (Wildman–Crippen MR) is 107 cm³/mol. The van der Waals surface area contributed by atoms with Crippen LogP contribution in [0.1, 0.15) is 31.2 Å². The highest BCUT2D eigenvalue weighted by molar-refractivity contribution is 5.91. The number of nitrogens with zero attached hydrogens (tertiary/aromatic N) is 2. The Labute approximate surface area is 171 Å². The van der Waals surface area contributed by atoms with E-state index in [1.807, 2.05) is 0 Å². The molecule has 0 aromatic heterocycles. The zero-order valence-corrected chi connectivity index (χ0v) is 16.9. The fourth-order valence-corrected chi connectivity index (χ4v) is 4.06. The first kappa shape index (κ1) is 21.5. The Kier molecular flexibility index (Phi) is 7.46. The van der Waals surface area contributed by atoms with Crippen LogP contribution in [-0.2, 0) is 16.1 Å². The number of carbonyl (C=O) groups excluding carboxylic acids is 2. The lowest BCUT2D eigenvalue weighted by molar-refractivity contribution is -0.154. The van der Waals surface area contributed by atoms with Crippen molar-refractivity contribution in [3.63, 3.8) is 0 Å². The van der Waals surface area contributed by atoms with E-state index in [2.05, 4.69) is 10.2 Å². The average molecular weight is 405 g/mol. The van der Waals surface area contributed by atoms with E-state index < -0.39 is 24.0 Å². The SMILES string of the molecule is COc1ccc(CNC(=O)[C@H](O)C(O)C(=O)N2CCC[C@H]2CN2CCCC2)cc1. The van der Waals surface area contributed by atoms with Gasteiger partial charge < -0.3 is 30.1 Å². The summed E-state index contributed by atoms with van der Waals surface area (Å²) >= 11 is 0. The van der Waals surface area contributed by atoms with Gasteiger partial charge in [-0.15, -0.1) is 0 Å². The smallest absolute Gasteiger partial charge is 0.254 e. The van der Waals surface area contributed by atoms with Crippen molar-refractivity contribution in [2.75, 3.05) is 33.3 Å². The normalized spacial score (nSPS) is 21.8. The zero-order chi connectivity index (χ0) is 20.8. The molecule has 0 spiro atoms. The highest BCUT2D eigenvalue weighted by Crippen LogP contribution is 2.22. The third-order valence-corrected chi connectivity index (χ3v) is 5.77. The van der Waals surface area contributed by atoms with Crippen molar-refractivity contribution in [3.05, 3.63) is 29.8 Å². The lowest BCUT2D eigenvalue weighted by atomic mass is 10.1. The lowest BCUT2D eigenvalue weighted by Crippen LogP contribution is -2.53. The number of methoxy groups -OCH3 is 1. The molecule has 2 fully saturated rings. The summed E-state index contributed by atoms with van der Waals surface area (Å²) < 4.78 is 5.08. The number of ether oxygens (including phenoxy) is 1. The number of rotatable bonds is 8. The van der Waals surface area contributed by atoms with Gasteiger partial charge in [-0.3, -0.25) is 9.59 Å². The Morgan fingerprint density at radius 1 is 1.10 bits per heavy atom. The molecule has 2 amide bonds.